The second kappa shape index (κ2) is 23.8. The molecule has 7 aromatic rings. The number of aromatic nitrogens is 7. The first-order valence-electron chi connectivity index (χ1n) is 26.1. The van der Waals surface area contributed by atoms with Gasteiger partial charge in [-0.25, -0.2) is 9.07 Å². The third kappa shape index (κ3) is 11.5. The summed E-state index contributed by atoms with van der Waals surface area (Å²) >= 11 is 8.25. The van der Waals surface area contributed by atoms with Crippen LogP contribution in [0.25, 0.3) is 44.4 Å². The minimum absolute atomic E-state index is 0.00821. The molecule has 26 heteroatoms. The van der Waals surface area contributed by atoms with Crippen LogP contribution in [0.1, 0.15) is 66.6 Å². The molecule has 82 heavy (non-hydrogen) atoms. The molecule has 0 radical (unpaired) electrons. The van der Waals surface area contributed by atoms with Crippen molar-refractivity contribution in [1.29, 1.82) is 5.41 Å². The summed E-state index contributed by atoms with van der Waals surface area (Å²) in [6.45, 7) is 4.74. The summed E-state index contributed by atoms with van der Waals surface area (Å²) in [5, 5.41) is 41.4. The van der Waals surface area contributed by atoms with Crippen LogP contribution in [0.2, 0.25) is 5.15 Å². The van der Waals surface area contributed by atoms with Gasteiger partial charge in [0.15, 0.2) is 16.7 Å². The van der Waals surface area contributed by atoms with Gasteiger partial charge in [-0.3, -0.25) is 14.4 Å². The number of ether oxygens (including phenoxy) is 3. The van der Waals surface area contributed by atoms with Crippen molar-refractivity contribution in [1.82, 2.24) is 50.7 Å². The number of nitrogens with zero attached hydrogens (tertiary/aromatic N) is 9. The number of carbonyl (C=O) groups is 3. The molecule has 4 aromatic carbocycles. The Morgan fingerprint density at radius 3 is 2.44 bits per heavy atom. The summed E-state index contributed by atoms with van der Waals surface area (Å²) in [7, 11) is 1.49. The maximum Gasteiger partial charge on any atom is 0.417 e. The number of alkyl halides is 4. The van der Waals surface area contributed by atoms with Gasteiger partial charge in [-0.1, -0.05) is 79.2 Å². The van der Waals surface area contributed by atoms with Crippen LogP contribution in [0.3, 0.4) is 0 Å². The van der Waals surface area contributed by atoms with Gasteiger partial charge in [0.1, 0.15) is 52.3 Å². The van der Waals surface area contributed by atoms with E-state index in [2.05, 4.69) is 31.1 Å². The average molecular weight is 1260 g/mol. The summed E-state index contributed by atoms with van der Waals surface area (Å²) in [5.74, 6) is -3.00. The molecule has 428 valence electrons. The fourth-order valence-corrected chi connectivity index (χ4v) is 11.2. The lowest BCUT2D eigenvalue weighted by Gasteiger charge is -2.30. The minimum atomic E-state index is -5.06. The Kier molecular flexibility index (Phi) is 16.8. The number of likely N-dealkylation sites (tertiary alicyclic amines) is 1. The van der Waals surface area contributed by atoms with Crippen molar-refractivity contribution in [3.05, 3.63) is 118 Å². The molecule has 0 spiro atoms. The number of methoxy groups -OCH3 is 1. The van der Waals surface area contributed by atoms with Crippen LogP contribution in [0.4, 0.5) is 29.1 Å². The van der Waals surface area contributed by atoms with Crippen molar-refractivity contribution in [2.45, 2.75) is 80.7 Å². The molecular formula is C56H55ClF4IN13O7. The van der Waals surface area contributed by atoms with Gasteiger partial charge < -0.3 is 50.9 Å². The van der Waals surface area contributed by atoms with E-state index >= 15 is 17.6 Å². The molecule has 3 aliphatic rings. The van der Waals surface area contributed by atoms with Crippen LogP contribution in [0, 0.1) is 24.1 Å². The maximum atomic E-state index is 15.8. The van der Waals surface area contributed by atoms with Gasteiger partial charge in [0.2, 0.25) is 11.8 Å². The number of fused-ring (bicyclic) bond motifs is 3. The van der Waals surface area contributed by atoms with E-state index < -0.39 is 69.7 Å². The average Bonchev–Trinajstić information content (AvgIpc) is 1.86. The molecule has 0 unspecified atom stereocenters. The standard InChI is InChI=1S/C56H55ClF4IN13O7/c1-27(2)49(54(79)74-22-35(77)16-44(74)53(78)67-43(24-76)32-11-9-30(10-12-32)36-13-14-66-71-51(36)57)75-23-42(70-72-75)31-7-5-29(6-8-31)25-81-50-47(46-28(3)40(58)18-41(64)38(46)19-63)39(56(59,60)61)17-37-48(50)68-55(82-26-45(62)80-4)69-52(37)73-21-33-15-34(73)20-65-33/h5-14,17-19,23,27,33-34,43-45,49,63,65,76H,15-16,20-22,24-26,64H2,1-4H3,(H,67,78)/t33-,34-,43-,44-,45+,49-/m0/s1. The molecule has 0 saturated carbocycles. The lowest BCUT2D eigenvalue weighted by atomic mass is 9.88. The molecule has 6 heterocycles. The number of carbonyl (C=O) groups excluding carboxylic acids is 3. The van der Waals surface area contributed by atoms with E-state index in [9.17, 15) is 19.5 Å². The first-order valence-corrected chi connectivity index (χ1v) is 27.7. The van der Waals surface area contributed by atoms with E-state index in [0.717, 1.165) is 30.3 Å². The molecular weight excluding hydrogens is 1210 g/mol. The molecule has 0 aliphatic carbocycles. The van der Waals surface area contributed by atoms with Crippen LogP contribution in [-0.4, -0.2) is 131 Å². The molecule has 2 amide bonds. The van der Waals surface area contributed by atoms with Crippen molar-refractivity contribution in [3.63, 3.8) is 0 Å². The molecule has 3 saturated heterocycles. The Bertz CT molecular complexity index is 3600. The second-order valence-electron chi connectivity index (χ2n) is 20.5. The van der Waals surface area contributed by atoms with E-state index in [4.69, 9.17) is 46.9 Å². The van der Waals surface area contributed by atoms with Crippen molar-refractivity contribution in [3.8, 4) is 45.3 Å². The summed E-state index contributed by atoms with van der Waals surface area (Å²) in [4.78, 5) is 54.0. The number of rotatable bonds is 19. The quantitative estimate of drug-likeness (QED) is 0.0170. The number of nitrogens with two attached hydrogens (primary N) is 1. The number of halogens is 6. The van der Waals surface area contributed by atoms with Gasteiger partial charge >= 0.3 is 12.2 Å². The highest BCUT2D eigenvalue weighted by atomic mass is 127. The normalized spacial score (nSPS) is 18.1. The highest BCUT2D eigenvalue weighted by Crippen LogP contribution is 2.51. The Hall–Kier alpha value is -7.46. The number of ketones is 1. The molecule has 3 fully saturated rings. The first-order chi connectivity index (χ1) is 39.3. The zero-order chi connectivity index (χ0) is 58.3. The Labute approximate surface area is 485 Å². The zero-order valence-corrected chi connectivity index (χ0v) is 47.5. The summed E-state index contributed by atoms with van der Waals surface area (Å²) in [6, 6.07) is 14.0. The smallest absolute Gasteiger partial charge is 0.417 e. The van der Waals surface area contributed by atoms with Gasteiger partial charge in [-0.15, -0.1) is 10.2 Å². The predicted octanol–water partition coefficient (Wildman–Crippen LogP) is 7.84. The van der Waals surface area contributed by atoms with Crippen molar-refractivity contribution >= 4 is 80.4 Å². The molecule has 10 rings (SSSR count). The molecule has 6 atom stereocenters. The number of amides is 2. The van der Waals surface area contributed by atoms with Gasteiger partial charge in [0.25, 0.3) is 0 Å². The summed E-state index contributed by atoms with van der Waals surface area (Å²) in [5.41, 5.74) is 6.75. The number of piperazine rings is 1. The number of nitrogen functional groups attached to an aromatic ring is 1. The van der Waals surface area contributed by atoms with E-state index in [1.807, 2.05) is 27.5 Å². The van der Waals surface area contributed by atoms with E-state index in [1.54, 1.807) is 74.6 Å². The largest absolute Gasteiger partial charge is 0.486 e. The number of nitrogens with one attached hydrogen (secondary N) is 3. The van der Waals surface area contributed by atoms with Crippen LogP contribution in [-0.2, 0) is 31.9 Å². The van der Waals surface area contributed by atoms with Gasteiger partial charge in [0, 0.05) is 83.8 Å². The zero-order valence-electron chi connectivity index (χ0n) is 44.5. The fourth-order valence-electron chi connectivity index (χ4n) is 10.8. The highest BCUT2D eigenvalue weighted by molar-refractivity contribution is 14.1. The maximum absolute atomic E-state index is 15.8. The highest BCUT2D eigenvalue weighted by Gasteiger charge is 2.45. The number of aliphatic hydroxyl groups is 1. The summed E-state index contributed by atoms with van der Waals surface area (Å²) in [6.07, 6.45) is -0.724. The Balaban J connectivity index is 0.937. The van der Waals surface area contributed by atoms with Crippen LogP contribution < -0.4 is 30.7 Å². The molecule has 3 aromatic heterocycles. The number of anilines is 2. The second-order valence-corrected chi connectivity index (χ2v) is 22.3. The van der Waals surface area contributed by atoms with Crippen molar-refractivity contribution in [2.24, 2.45) is 5.92 Å². The number of benzene rings is 4. The molecule has 6 N–H and O–H groups in total. The van der Waals surface area contributed by atoms with Crippen LogP contribution in [0.5, 0.6) is 11.8 Å². The SMILES string of the molecule is CO[C@@H](I)COc1nc(N2C[C@@H]3C[C@H]2CN3)c2cc(C(F)(F)F)c(-c3c(C)c(F)cc(N)c3C=N)c(OCc3ccc(-c4cn([C@H](C(=O)N5CC(=O)C[C@H]5C(=O)N[C@@H](CO)c5ccc(-c6ccnnc6Cl)cc5)C(C)C)nn4)cc3)c2n1. The third-order valence-corrected chi connectivity index (χ3v) is 16.1. The predicted molar refractivity (Wildman–Crippen MR) is 304 cm³/mol. The van der Waals surface area contributed by atoms with Gasteiger partial charge in [-0.05, 0) is 82.3 Å². The monoisotopic (exact) mass is 1260 g/mol. The van der Waals surface area contributed by atoms with Gasteiger partial charge in [0.05, 0.1) is 37.2 Å². The Morgan fingerprint density at radius 2 is 1.79 bits per heavy atom. The number of hydrogen-bond acceptors (Lipinski definition) is 17. The first kappa shape index (κ1) is 57.8. The van der Waals surface area contributed by atoms with Crippen molar-refractivity contribution in [2.75, 3.05) is 50.6 Å². The number of aliphatic hydroxyl groups excluding tert-OH is 1. The van der Waals surface area contributed by atoms with Gasteiger partial charge in [-0.2, -0.15) is 28.2 Å². The minimum Gasteiger partial charge on any atom is -0.486 e. The number of hydrogen-bond donors (Lipinski definition) is 5. The van der Waals surface area contributed by atoms with Crippen LogP contribution >= 0.6 is 34.2 Å². The molecule has 2 bridgehead atoms. The molecule has 20 nitrogen and oxygen atoms in total. The van der Waals surface area contributed by atoms with E-state index in [0.29, 0.717) is 41.0 Å². The number of Topliss-reactive ketones (excluding diaryl/α,β-unsaturated/α-hetero) is 1. The van der Waals surface area contributed by atoms with E-state index in [1.165, 1.54) is 29.8 Å². The topological polar surface area (TPSA) is 262 Å². The van der Waals surface area contributed by atoms with E-state index in [-0.39, 0.29) is 100 Å². The van der Waals surface area contributed by atoms with Crippen LogP contribution in [0.15, 0.2) is 79.1 Å². The van der Waals surface area contributed by atoms with Crippen molar-refractivity contribution < 1.29 is 51.3 Å². The fraction of sp³-hybridized carbons (Fsp3) is 0.357. The lowest BCUT2D eigenvalue weighted by molar-refractivity contribution is -0.143. The molecule has 3 aliphatic heterocycles. The summed E-state index contributed by atoms with van der Waals surface area (Å²) < 4.78 is 82.0. The third-order valence-electron chi connectivity index (χ3n) is 15.0. The Morgan fingerprint density at radius 1 is 1.05 bits per heavy atom. The lowest BCUT2D eigenvalue weighted by Crippen LogP contribution is -2.50.